The van der Waals surface area contributed by atoms with Gasteiger partial charge in [0.05, 0.1) is 12.1 Å². The third kappa shape index (κ3) is 4.76. The van der Waals surface area contributed by atoms with Gasteiger partial charge in [0.15, 0.2) is 5.78 Å². The quantitative estimate of drug-likeness (QED) is 0.806. The molecule has 0 spiro atoms. The molecule has 2 unspecified atom stereocenters. The molecular formula is C19H21NO3. The van der Waals surface area contributed by atoms with Gasteiger partial charge in [-0.3, -0.25) is 9.59 Å². The van der Waals surface area contributed by atoms with Crippen LogP contribution in [0.15, 0.2) is 54.6 Å². The average Bonchev–Trinajstić information content (AvgIpc) is 2.55. The van der Waals surface area contributed by atoms with Crippen molar-refractivity contribution in [3.8, 4) is 0 Å². The van der Waals surface area contributed by atoms with Crippen molar-refractivity contribution in [2.45, 2.75) is 32.4 Å². The lowest BCUT2D eigenvalue weighted by molar-refractivity contribution is 0.0851. The second-order valence-electron chi connectivity index (χ2n) is 5.65. The van der Waals surface area contributed by atoms with E-state index in [4.69, 9.17) is 0 Å². The summed E-state index contributed by atoms with van der Waals surface area (Å²) in [6.07, 6.45) is -0.191. The lowest BCUT2D eigenvalue weighted by atomic mass is 10.0. The molecule has 0 fully saturated rings. The fraction of sp³-hybridized carbons (Fsp3) is 0.263. The van der Waals surface area contributed by atoms with Gasteiger partial charge in [0.25, 0.3) is 5.91 Å². The van der Waals surface area contributed by atoms with Crippen molar-refractivity contribution >= 4 is 11.7 Å². The smallest absolute Gasteiger partial charge is 0.251 e. The van der Waals surface area contributed by atoms with E-state index in [-0.39, 0.29) is 17.7 Å². The molecule has 2 aromatic rings. The highest BCUT2D eigenvalue weighted by atomic mass is 16.3. The fourth-order valence-corrected chi connectivity index (χ4v) is 2.27. The van der Waals surface area contributed by atoms with Crippen molar-refractivity contribution in [2.75, 3.05) is 0 Å². The summed E-state index contributed by atoms with van der Waals surface area (Å²) < 4.78 is 0. The first-order valence-electron chi connectivity index (χ1n) is 7.61. The average molecular weight is 311 g/mol. The Morgan fingerprint density at radius 3 is 2.13 bits per heavy atom. The Morgan fingerprint density at radius 2 is 1.57 bits per heavy atom. The van der Waals surface area contributed by atoms with Gasteiger partial charge in [-0.05, 0) is 31.5 Å². The van der Waals surface area contributed by atoms with Crippen LogP contribution in [-0.4, -0.2) is 28.9 Å². The SMILES string of the molecule is CC(=O)c1ccc(C(=O)NC(C)C(O)Cc2ccccc2)cc1. The summed E-state index contributed by atoms with van der Waals surface area (Å²) >= 11 is 0. The standard InChI is InChI=1S/C19H21NO3/c1-13(18(22)12-15-6-4-3-5-7-15)20-19(23)17-10-8-16(9-11-17)14(2)21/h3-11,13,18,22H,12H2,1-2H3,(H,20,23). The van der Waals surface area contributed by atoms with Crippen LogP contribution >= 0.6 is 0 Å². The molecule has 2 atom stereocenters. The lowest BCUT2D eigenvalue weighted by Gasteiger charge is -2.20. The van der Waals surface area contributed by atoms with E-state index < -0.39 is 6.10 Å². The van der Waals surface area contributed by atoms with E-state index >= 15 is 0 Å². The molecule has 120 valence electrons. The summed E-state index contributed by atoms with van der Waals surface area (Å²) in [7, 11) is 0. The third-order valence-corrected chi connectivity index (χ3v) is 3.78. The van der Waals surface area contributed by atoms with E-state index in [0.717, 1.165) is 5.56 Å². The summed E-state index contributed by atoms with van der Waals surface area (Å²) in [5, 5.41) is 13.0. The van der Waals surface area contributed by atoms with E-state index in [1.54, 1.807) is 31.2 Å². The second kappa shape index (κ2) is 7.70. The summed E-state index contributed by atoms with van der Waals surface area (Å²) in [6, 6.07) is 15.7. The van der Waals surface area contributed by atoms with Gasteiger partial charge in [-0.25, -0.2) is 0 Å². The number of benzene rings is 2. The van der Waals surface area contributed by atoms with E-state index in [9.17, 15) is 14.7 Å². The van der Waals surface area contributed by atoms with Crippen molar-refractivity contribution < 1.29 is 14.7 Å². The molecule has 2 rings (SSSR count). The minimum absolute atomic E-state index is 0.0383. The molecule has 0 aliphatic heterocycles. The molecule has 4 heteroatoms. The minimum Gasteiger partial charge on any atom is -0.391 e. The zero-order valence-electron chi connectivity index (χ0n) is 13.3. The molecule has 0 saturated carbocycles. The molecule has 23 heavy (non-hydrogen) atoms. The molecule has 1 amide bonds. The molecule has 0 aromatic heterocycles. The maximum absolute atomic E-state index is 12.2. The molecule has 0 aliphatic rings. The highest BCUT2D eigenvalue weighted by Crippen LogP contribution is 2.08. The Bertz CT molecular complexity index is 665. The predicted molar refractivity (Wildman–Crippen MR) is 89.5 cm³/mol. The number of hydrogen-bond donors (Lipinski definition) is 2. The van der Waals surface area contributed by atoms with Crippen LogP contribution in [0.1, 0.15) is 40.1 Å². The van der Waals surface area contributed by atoms with Crippen LogP contribution in [0.3, 0.4) is 0 Å². The number of carbonyl (C=O) groups is 2. The number of carbonyl (C=O) groups excluding carboxylic acids is 2. The Labute approximate surface area is 136 Å². The van der Waals surface area contributed by atoms with E-state index in [2.05, 4.69) is 5.32 Å². The van der Waals surface area contributed by atoms with Crippen LogP contribution in [0.25, 0.3) is 0 Å². The van der Waals surface area contributed by atoms with Crippen molar-refractivity contribution in [2.24, 2.45) is 0 Å². The number of aliphatic hydroxyl groups excluding tert-OH is 1. The Hall–Kier alpha value is -2.46. The second-order valence-corrected chi connectivity index (χ2v) is 5.65. The van der Waals surface area contributed by atoms with Gasteiger partial charge in [0.2, 0.25) is 0 Å². The molecule has 0 radical (unpaired) electrons. The molecule has 4 nitrogen and oxygen atoms in total. The Balaban J connectivity index is 1.94. The van der Waals surface area contributed by atoms with Crippen LogP contribution in [0.2, 0.25) is 0 Å². The summed E-state index contributed by atoms with van der Waals surface area (Å²) in [6.45, 7) is 3.26. The van der Waals surface area contributed by atoms with Crippen molar-refractivity contribution in [3.63, 3.8) is 0 Å². The number of ketones is 1. The first-order chi connectivity index (χ1) is 11.0. The monoisotopic (exact) mass is 311 g/mol. The number of Topliss-reactive ketones (excluding diaryl/α,β-unsaturated/α-hetero) is 1. The molecule has 0 bridgehead atoms. The first-order valence-corrected chi connectivity index (χ1v) is 7.61. The third-order valence-electron chi connectivity index (χ3n) is 3.78. The van der Waals surface area contributed by atoms with Crippen LogP contribution in [0.4, 0.5) is 0 Å². The number of amides is 1. The minimum atomic E-state index is -0.669. The van der Waals surface area contributed by atoms with E-state index in [1.165, 1.54) is 6.92 Å². The Morgan fingerprint density at radius 1 is 1.00 bits per heavy atom. The van der Waals surface area contributed by atoms with Gasteiger partial charge >= 0.3 is 0 Å². The first kappa shape index (κ1) is 16.9. The summed E-state index contributed by atoms with van der Waals surface area (Å²) in [5.41, 5.74) is 2.05. The number of rotatable bonds is 6. The number of hydrogen-bond acceptors (Lipinski definition) is 3. The number of aliphatic hydroxyl groups is 1. The van der Waals surface area contributed by atoms with Gasteiger partial charge in [0, 0.05) is 17.5 Å². The molecule has 2 aromatic carbocycles. The van der Waals surface area contributed by atoms with Crippen molar-refractivity contribution in [3.05, 3.63) is 71.3 Å². The topological polar surface area (TPSA) is 66.4 Å². The highest BCUT2D eigenvalue weighted by molar-refractivity contribution is 5.97. The normalized spacial score (nSPS) is 13.2. The predicted octanol–water partition coefficient (Wildman–Crippen LogP) is 2.61. The molecule has 0 heterocycles. The van der Waals surface area contributed by atoms with Crippen LogP contribution in [0.5, 0.6) is 0 Å². The zero-order valence-corrected chi connectivity index (χ0v) is 13.3. The van der Waals surface area contributed by atoms with Gasteiger partial charge in [-0.2, -0.15) is 0 Å². The fourth-order valence-electron chi connectivity index (χ4n) is 2.27. The summed E-state index contributed by atoms with van der Waals surface area (Å²) in [5.74, 6) is -0.302. The van der Waals surface area contributed by atoms with Crippen LogP contribution in [0, 0.1) is 0 Å². The van der Waals surface area contributed by atoms with Crippen LogP contribution < -0.4 is 5.32 Å². The van der Waals surface area contributed by atoms with Gasteiger partial charge in [-0.15, -0.1) is 0 Å². The largest absolute Gasteiger partial charge is 0.391 e. The van der Waals surface area contributed by atoms with Crippen molar-refractivity contribution in [1.29, 1.82) is 0 Å². The molecule has 0 aliphatic carbocycles. The van der Waals surface area contributed by atoms with Crippen LogP contribution in [-0.2, 0) is 6.42 Å². The maximum atomic E-state index is 12.2. The van der Waals surface area contributed by atoms with Crippen molar-refractivity contribution in [1.82, 2.24) is 5.32 Å². The maximum Gasteiger partial charge on any atom is 0.251 e. The van der Waals surface area contributed by atoms with Gasteiger partial charge in [0.1, 0.15) is 0 Å². The molecule has 2 N–H and O–H groups in total. The zero-order chi connectivity index (χ0) is 16.8. The summed E-state index contributed by atoms with van der Waals surface area (Å²) in [4.78, 5) is 23.4. The number of nitrogens with one attached hydrogen (secondary N) is 1. The molecule has 0 saturated heterocycles. The highest BCUT2D eigenvalue weighted by Gasteiger charge is 2.18. The lowest BCUT2D eigenvalue weighted by Crippen LogP contribution is -2.42. The Kier molecular flexibility index (Phi) is 5.66. The van der Waals surface area contributed by atoms with Gasteiger partial charge < -0.3 is 10.4 Å². The molecular weight excluding hydrogens is 290 g/mol. The van der Waals surface area contributed by atoms with E-state index in [1.807, 2.05) is 30.3 Å². The van der Waals surface area contributed by atoms with E-state index in [0.29, 0.717) is 17.5 Å². The van der Waals surface area contributed by atoms with Gasteiger partial charge in [-0.1, -0.05) is 42.5 Å².